The fourth-order valence-corrected chi connectivity index (χ4v) is 1.62. The fourth-order valence-electron chi connectivity index (χ4n) is 1.20. The number of carbonyl (C=O) groups is 2. The van der Waals surface area contributed by atoms with Gasteiger partial charge in [-0.05, 0) is 19.1 Å². The van der Waals surface area contributed by atoms with Gasteiger partial charge in [0.1, 0.15) is 0 Å². The SMILES string of the molecule is COC(=O)c1cccc(C(=O)C(C)Cl)c1Cl. The standard InChI is InChI=1S/C11H10Cl2O3/c1-6(12)10(14)7-4-3-5-8(9(7)13)11(15)16-2/h3-6H,1-2H3. The lowest BCUT2D eigenvalue weighted by Crippen LogP contribution is -2.13. The smallest absolute Gasteiger partial charge is 0.339 e. The number of hydrogen-bond donors (Lipinski definition) is 0. The molecule has 1 atom stereocenters. The largest absolute Gasteiger partial charge is 0.465 e. The van der Waals surface area contributed by atoms with Crippen LogP contribution >= 0.6 is 23.2 Å². The summed E-state index contributed by atoms with van der Waals surface area (Å²) >= 11 is 11.6. The lowest BCUT2D eigenvalue weighted by Gasteiger charge is -2.08. The molecule has 0 fully saturated rings. The van der Waals surface area contributed by atoms with Crippen LogP contribution in [0.5, 0.6) is 0 Å². The maximum Gasteiger partial charge on any atom is 0.339 e. The summed E-state index contributed by atoms with van der Waals surface area (Å²) in [7, 11) is 1.25. The van der Waals surface area contributed by atoms with Gasteiger partial charge in [-0.25, -0.2) is 4.79 Å². The molecule has 0 amide bonds. The minimum Gasteiger partial charge on any atom is -0.465 e. The molecule has 0 bridgehead atoms. The number of alkyl halides is 1. The monoisotopic (exact) mass is 260 g/mol. The highest BCUT2D eigenvalue weighted by atomic mass is 35.5. The van der Waals surface area contributed by atoms with Gasteiger partial charge in [-0.1, -0.05) is 17.7 Å². The molecule has 0 aromatic heterocycles. The number of rotatable bonds is 3. The number of ketones is 1. The van der Waals surface area contributed by atoms with Crippen LogP contribution in [0.4, 0.5) is 0 Å². The minimum atomic E-state index is -0.689. The molecule has 1 unspecified atom stereocenters. The number of methoxy groups -OCH3 is 1. The molecular formula is C11H10Cl2O3. The average molecular weight is 261 g/mol. The highest BCUT2D eigenvalue weighted by Crippen LogP contribution is 2.24. The summed E-state index contributed by atoms with van der Waals surface area (Å²) in [6.45, 7) is 1.55. The highest BCUT2D eigenvalue weighted by molar-refractivity contribution is 6.40. The molecule has 0 aliphatic carbocycles. The summed E-state index contributed by atoms with van der Waals surface area (Å²) in [5.41, 5.74) is 0.388. The molecule has 0 saturated heterocycles. The third-order valence-corrected chi connectivity index (χ3v) is 2.64. The van der Waals surface area contributed by atoms with Gasteiger partial charge in [0.15, 0.2) is 5.78 Å². The number of ether oxygens (including phenoxy) is 1. The topological polar surface area (TPSA) is 43.4 Å². The van der Waals surface area contributed by atoms with Crippen LogP contribution in [0, 0.1) is 0 Å². The van der Waals surface area contributed by atoms with Crippen LogP contribution in [0.15, 0.2) is 18.2 Å². The average Bonchev–Trinajstić information content (AvgIpc) is 2.27. The molecule has 16 heavy (non-hydrogen) atoms. The number of esters is 1. The van der Waals surface area contributed by atoms with Crippen molar-refractivity contribution in [2.24, 2.45) is 0 Å². The lowest BCUT2D eigenvalue weighted by molar-refractivity contribution is 0.0601. The summed E-state index contributed by atoms with van der Waals surface area (Å²) < 4.78 is 4.54. The van der Waals surface area contributed by atoms with Crippen LogP contribution in [-0.4, -0.2) is 24.2 Å². The first-order valence-corrected chi connectivity index (χ1v) is 5.35. The Morgan fingerprint density at radius 3 is 2.38 bits per heavy atom. The number of hydrogen-bond acceptors (Lipinski definition) is 3. The maximum absolute atomic E-state index is 11.7. The Morgan fingerprint density at radius 1 is 1.31 bits per heavy atom. The summed E-state index contributed by atoms with van der Waals surface area (Å²) in [6, 6.07) is 4.57. The Morgan fingerprint density at radius 2 is 1.88 bits per heavy atom. The molecule has 3 nitrogen and oxygen atoms in total. The Hall–Kier alpha value is -1.06. The Kier molecular flexibility index (Phi) is 4.33. The minimum absolute atomic E-state index is 0.0758. The van der Waals surface area contributed by atoms with E-state index in [1.807, 2.05) is 0 Å². The van der Waals surface area contributed by atoms with Gasteiger partial charge in [0.25, 0.3) is 0 Å². The van der Waals surface area contributed by atoms with Crippen molar-refractivity contribution in [2.75, 3.05) is 7.11 Å². The number of benzene rings is 1. The van der Waals surface area contributed by atoms with E-state index in [2.05, 4.69) is 4.74 Å². The molecule has 0 saturated carbocycles. The molecule has 1 aromatic rings. The fraction of sp³-hybridized carbons (Fsp3) is 0.273. The molecular weight excluding hydrogens is 251 g/mol. The number of halogens is 2. The molecule has 0 spiro atoms. The number of Topliss-reactive ketones (excluding diaryl/α,β-unsaturated/α-hetero) is 1. The van der Waals surface area contributed by atoms with E-state index < -0.39 is 11.3 Å². The summed E-state index contributed by atoms with van der Waals surface area (Å²) in [6.07, 6.45) is 0. The van der Waals surface area contributed by atoms with E-state index in [1.165, 1.54) is 19.2 Å². The summed E-state index contributed by atoms with van der Waals surface area (Å²) in [5, 5.41) is -0.614. The molecule has 0 heterocycles. The summed E-state index contributed by atoms with van der Waals surface area (Å²) in [5.74, 6) is -0.903. The van der Waals surface area contributed by atoms with Crippen molar-refractivity contribution >= 4 is 35.0 Å². The molecule has 5 heteroatoms. The van der Waals surface area contributed by atoms with Crippen molar-refractivity contribution in [1.29, 1.82) is 0 Å². The van der Waals surface area contributed by atoms with Gasteiger partial charge in [-0.2, -0.15) is 0 Å². The van der Waals surface area contributed by atoms with Crippen LogP contribution in [-0.2, 0) is 4.74 Å². The quantitative estimate of drug-likeness (QED) is 0.477. The zero-order valence-corrected chi connectivity index (χ0v) is 10.3. The van der Waals surface area contributed by atoms with E-state index in [0.717, 1.165) is 0 Å². The Bertz CT molecular complexity index is 427. The normalized spacial score (nSPS) is 12.0. The van der Waals surface area contributed by atoms with E-state index in [9.17, 15) is 9.59 Å². The van der Waals surface area contributed by atoms with Crippen LogP contribution in [0.25, 0.3) is 0 Å². The van der Waals surface area contributed by atoms with Gasteiger partial charge in [-0.15, -0.1) is 11.6 Å². The zero-order valence-electron chi connectivity index (χ0n) is 8.79. The van der Waals surface area contributed by atoms with Crippen LogP contribution < -0.4 is 0 Å². The molecule has 0 N–H and O–H groups in total. The van der Waals surface area contributed by atoms with Crippen molar-refractivity contribution in [2.45, 2.75) is 12.3 Å². The zero-order chi connectivity index (χ0) is 12.3. The summed E-state index contributed by atoms with van der Waals surface area (Å²) in [4.78, 5) is 23.0. The third-order valence-electron chi connectivity index (χ3n) is 2.03. The predicted octanol–water partition coefficient (Wildman–Crippen LogP) is 2.94. The second-order valence-electron chi connectivity index (χ2n) is 3.14. The number of carbonyl (C=O) groups excluding carboxylic acids is 2. The van der Waals surface area contributed by atoms with Crippen LogP contribution in [0.1, 0.15) is 27.6 Å². The molecule has 86 valence electrons. The van der Waals surface area contributed by atoms with Crippen LogP contribution in [0.3, 0.4) is 0 Å². The van der Waals surface area contributed by atoms with Gasteiger partial charge in [-0.3, -0.25) is 4.79 Å². The lowest BCUT2D eigenvalue weighted by atomic mass is 10.1. The van der Waals surface area contributed by atoms with E-state index in [1.54, 1.807) is 13.0 Å². The molecule has 0 radical (unpaired) electrons. The van der Waals surface area contributed by atoms with E-state index in [-0.39, 0.29) is 21.9 Å². The molecule has 1 rings (SSSR count). The van der Waals surface area contributed by atoms with Crippen molar-refractivity contribution in [3.63, 3.8) is 0 Å². The first kappa shape index (κ1) is 13.0. The van der Waals surface area contributed by atoms with Crippen molar-refractivity contribution in [3.05, 3.63) is 34.3 Å². The van der Waals surface area contributed by atoms with E-state index in [0.29, 0.717) is 0 Å². The molecule has 0 aliphatic rings. The maximum atomic E-state index is 11.7. The van der Waals surface area contributed by atoms with E-state index >= 15 is 0 Å². The highest BCUT2D eigenvalue weighted by Gasteiger charge is 2.20. The van der Waals surface area contributed by atoms with Crippen molar-refractivity contribution in [1.82, 2.24) is 0 Å². The van der Waals surface area contributed by atoms with Gasteiger partial charge >= 0.3 is 5.97 Å². The Labute approximate surface area is 103 Å². The van der Waals surface area contributed by atoms with E-state index in [4.69, 9.17) is 23.2 Å². The van der Waals surface area contributed by atoms with Gasteiger partial charge < -0.3 is 4.74 Å². The van der Waals surface area contributed by atoms with Crippen LogP contribution in [0.2, 0.25) is 5.02 Å². The van der Waals surface area contributed by atoms with Crippen molar-refractivity contribution in [3.8, 4) is 0 Å². The molecule has 1 aromatic carbocycles. The molecule has 0 aliphatic heterocycles. The first-order valence-electron chi connectivity index (χ1n) is 4.54. The van der Waals surface area contributed by atoms with Gasteiger partial charge in [0, 0.05) is 5.56 Å². The second kappa shape index (κ2) is 5.32. The Balaban J connectivity index is 3.24. The van der Waals surface area contributed by atoms with Gasteiger partial charge in [0.05, 0.1) is 23.1 Å². The third kappa shape index (κ3) is 2.54. The first-order chi connectivity index (χ1) is 7.49. The predicted molar refractivity (Wildman–Crippen MR) is 62.4 cm³/mol. The van der Waals surface area contributed by atoms with Crippen molar-refractivity contribution < 1.29 is 14.3 Å². The second-order valence-corrected chi connectivity index (χ2v) is 4.17. The van der Waals surface area contributed by atoms with Gasteiger partial charge in [0.2, 0.25) is 0 Å².